The van der Waals surface area contributed by atoms with Crippen LogP contribution in [0, 0.1) is 0 Å². The molecule has 0 amide bonds. The Balaban J connectivity index is 0. The Morgan fingerprint density at radius 3 is 0.500 bits per heavy atom. The fraction of sp³-hybridized carbons (Fsp3) is 0. The Kier molecular flexibility index (Phi) is 284000. The summed E-state index contributed by atoms with van der Waals surface area (Å²) < 4.78 is 0. The zero-order chi connectivity index (χ0) is 0. The second-order valence-corrected chi connectivity index (χ2v) is 0. The summed E-state index contributed by atoms with van der Waals surface area (Å²) in [6.45, 7) is 0. The van der Waals surface area contributed by atoms with E-state index in [0.29, 0.717) is 0 Å². The van der Waals surface area contributed by atoms with Crippen LogP contribution in [0.15, 0.2) is 0 Å². The molecule has 0 aromatic rings. The quantitative estimate of drug-likeness (QED) is 0.336. The average molecular weight is 144 g/mol. The Hall–Kier alpha value is 0.319. The van der Waals surface area contributed by atoms with Crippen LogP contribution in [0.1, 0.15) is 0 Å². The standard InChI is InChI=1S/Fe.5H2O/h;5*1H2/q+2;;;;;/p-2. The van der Waals surface area contributed by atoms with Gasteiger partial charge in [0.05, 0.1) is 0 Å². The normalized spacial score (nSPS) is 0. The number of rotatable bonds is 0. The monoisotopic (exact) mass is 144 g/mol. The van der Waals surface area contributed by atoms with Crippen LogP contribution < -0.4 is 0 Å². The van der Waals surface area contributed by atoms with Gasteiger partial charge in [0, 0.05) is 0 Å². The predicted molar refractivity (Wildman–Crippen MR) is 14.7 cm³/mol. The molecule has 46 valence electrons. The first-order valence-corrected chi connectivity index (χ1v) is 0. The van der Waals surface area contributed by atoms with Crippen LogP contribution in [-0.4, -0.2) is 27.4 Å². The van der Waals surface area contributed by atoms with Crippen LogP contribution in [0.3, 0.4) is 0 Å². The first kappa shape index (κ1) is 1750. The third kappa shape index (κ3) is 466. The van der Waals surface area contributed by atoms with Crippen molar-refractivity contribution >= 4 is 0 Å². The zero-order valence-electron chi connectivity index (χ0n) is 2.75. The van der Waals surface area contributed by atoms with Crippen LogP contribution >= 0.6 is 0 Å². The zero-order valence-corrected chi connectivity index (χ0v) is 3.85. The van der Waals surface area contributed by atoms with Crippen molar-refractivity contribution in [2.24, 2.45) is 0 Å². The Bertz CT molecular complexity index is 3.90. The van der Waals surface area contributed by atoms with Gasteiger partial charge in [-0.2, -0.15) is 0 Å². The van der Waals surface area contributed by atoms with Gasteiger partial charge in [-0.15, -0.1) is 0 Å². The molecule has 0 rings (SSSR count). The van der Waals surface area contributed by atoms with E-state index in [1.54, 1.807) is 0 Å². The first-order valence-electron chi connectivity index (χ1n) is 0. The number of hydrogen-bond acceptors (Lipinski definition) is 2. The Labute approximate surface area is 45.4 Å². The number of hydrogen-bond donors (Lipinski definition) is 0. The molecular weight excluding hydrogens is 136 g/mol. The smallest absolute Gasteiger partial charge is 0.870 e. The molecule has 0 atom stereocenters. The van der Waals surface area contributed by atoms with Gasteiger partial charge in [-0.3, -0.25) is 0 Å². The SMILES string of the molecule is O.O.O.[Fe+2].[OH-].[OH-]. The Morgan fingerprint density at radius 1 is 0.500 bits per heavy atom. The summed E-state index contributed by atoms with van der Waals surface area (Å²) in [7, 11) is 0. The topological polar surface area (TPSA) is 154 Å². The average Bonchev–Trinajstić information content (AvgIpc) is 0. The van der Waals surface area contributed by atoms with Crippen LogP contribution in [0.5, 0.6) is 0 Å². The molecule has 0 aliphatic rings. The molecule has 5 nitrogen and oxygen atoms in total. The molecule has 0 saturated heterocycles. The summed E-state index contributed by atoms with van der Waals surface area (Å²) in [6.07, 6.45) is 0. The summed E-state index contributed by atoms with van der Waals surface area (Å²) in [6, 6.07) is 0. The third-order valence-corrected chi connectivity index (χ3v) is 0. The van der Waals surface area contributed by atoms with Gasteiger partial charge >= 0.3 is 17.1 Å². The molecule has 6 heteroatoms. The van der Waals surface area contributed by atoms with Gasteiger partial charge in [0.25, 0.3) is 0 Å². The Morgan fingerprint density at radius 2 is 0.500 bits per heavy atom. The maximum absolute atomic E-state index is 0. The molecule has 0 saturated carbocycles. The van der Waals surface area contributed by atoms with Gasteiger partial charge in [-0.1, -0.05) is 0 Å². The molecule has 0 radical (unpaired) electrons. The predicted octanol–water partition coefficient (Wildman–Crippen LogP) is -2.83. The van der Waals surface area contributed by atoms with Crippen LogP contribution in [0.4, 0.5) is 0 Å². The van der Waals surface area contributed by atoms with Crippen molar-refractivity contribution in [3.05, 3.63) is 0 Å². The van der Waals surface area contributed by atoms with E-state index in [9.17, 15) is 0 Å². The molecule has 0 aliphatic heterocycles. The molecule has 0 spiro atoms. The molecule has 0 aromatic heterocycles. The van der Waals surface area contributed by atoms with E-state index >= 15 is 0 Å². The third-order valence-electron chi connectivity index (χ3n) is 0. The molecule has 6 heavy (non-hydrogen) atoms. The van der Waals surface area contributed by atoms with Gasteiger partial charge in [0.1, 0.15) is 0 Å². The van der Waals surface area contributed by atoms with Crippen molar-refractivity contribution in [2.75, 3.05) is 0 Å². The molecule has 8 N–H and O–H groups in total. The summed E-state index contributed by atoms with van der Waals surface area (Å²) >= 11 is 0. The van der Waals surface area contributed by atoms with Crippen LogP contribution in [0.2, 0.25) is 0 Å². The van der Waals surface area contributed by atoms with Gasteiger partial charge in [0.2, 0.25) is 0 Å². The van der Waals surface area contributed by atoms with E-state index in [4.69, 9.17) is 0 Å². The van der Waals surface area contributed by atoms with Crippen LogP contribution in [0.25, 0.3) is 0 Å². The van der Waals surface area contributed by atoms with Gasteiger partial charge in [-0.25, -0.2) is 0 Å². The maximum atomic E-state index is 0. The minimum Gasteiger partial charge on any atom is -0.870 e. The van der Waals surface area contributed by atoms with Gasteiger partial charge in [-0.05, 0) is 0 Å². The second kappa shape index (κ2) is 972. The van der Waals surface area contributed by atoms with Crippen molar-refractivity contribution in [2.45, 2.75) is 0 Å². The van der Waals surface area contributed by atoms with Crippen molar-refractivity contribution in [3.63, 3.8) is 0 Å². The summed E-state index contributed by atoms with van der Waals surface area (Å²) in [5.41, 5.74) is 0. The summed E-state index contributed by atoms with van der Waals surface area (Å²) in [4.78, 5) is 0. The van der Waals surface area contributed by atoms with Crippen molar-refractivity contribution < 1.29 is 44.4 Å². The molecule has 0 aromatic carbocycles. The van der Waals surface area contributed by atoms with Crippen molar-refractivity contribution in [1.82, 2.24) is 0 Å². The maximum Gasteiger partial charge on any atom is 2.00 e. The van der Waals surface area contributed by atoms with Gasteiger partial charge < -0.3 is 27.4 Å². The first-order chi connectivity index (χ1) is 0. The fourth-order valence-corrected chi connectivity index (χ4v) is 0. The van der Waals surface area contributed by atoms with Crippen LogP contribution in [-0.2, 0) is 17.1 Å². The van der Waals surface area contributed by atoms with Crippen molar-refractivity contribution in [3.8, 4) is 0 Å². The molecule has 0 unspecified atom stereocenters. The molecule has 0 aliphatic carbocycles. The molecule has 0 heterocycles. The van der Waals surface area contributed by atoms with E-state index in [2.05, 4.69) is 0 Å². The van der Waals surface area contributed by atoms with Gasteiger partial charge in [0.15, 0.2) is 0 Å². The molecular formula is H8FeO5. The minimum absolute atomic E-state index is 0. The fourth-order valence-electron chi connectivity index (χ4n) is 0. The van der Waals surface area contributed by atoms with E-state index in [1.165, 1.54) is 0 Å². The summed E-state index contributed by atoms with van der Waals surface area (Å²) in [5, 5.41) is 0. The van der Waals surface area contributed by atoms with E-state index in [-0.39, 0.29) is 44.4 Å². The molecule has 0 fully saturated rings. The van der Waals surface area contributed by atoms with E-state index in [1.807, 2.05) is 0 Å². The molecule has 0 bridgehead atoms. The van der Waals surface area contributed by atoms with E-state index < -0.39 is 0 Å². The second-order valence-electron chi connectivity index (χ2n) is 0. The minimum atomic E-state index is 0. The largest absolute Gasteiger partial charge is 2.00 e. The summed E-state index contributed by atoms with van der Waals surface area (Å²) in [5.74, 6) is 0. The van der Waals surface area contributed by atoms with E-state index in [0.717, 1.165) is 0 Å². The van der Waals surface area contributed by atoms with Crippen molar-refractivity contribution in [1.29, 1.82) is 0 Å².